The van der Waals surface area contributed by atoms with Gasteiger partial charge in [-0.15, -0.1) is 6.58 Å². The van der Waals surface area contributed by atoms with Crippen molar-refractivity contribution in [2.24, 2.45) is 0 Å². The first kappa shape index (κ1) is 14.2. The van der Waals surface area contributed by atoms with E-state index in [2.05, 4.69) is 24.1 Å². The zero-order valence-electron chi connectivity index (χ0n) is 11.0. The van der Waals surface area contributed by atoms with E-state index in [1.54, 1.807) is 0 Å². The lowest BCUT2D eigenvalue weighted by molar-refractivity contribution is -0.121. The lowest BCUT2D eigenvalue weighted by Crippen LogP contribution is -2.42. The maximum atomic E-state index is 11.7. The molecule has 3 nitrogen and oxygen atoms in total. The molecule has 1 unspecified atom stereocenters. The van der Waals surface area contributed by atoms with Crippen molar-refractivity contribution in [3.05, 3.63) is 12.7 Å². The molecule has 1 fully saturated rings. The molecule has 0 aromatic heterocycles. The molecule has 3 heteroatoms. The fraction of sp³-hybridized carbons (Fsp3) is 0.786. The minimum Gasteiger partial charge on any atom is -0.352 e. The van der Waals surface area contributed by atoms with Crippen LogP contribution in [0.4, 0.5) is 0 Å². The van der Waals surface area contributed by atoms with Crippen LogP contribution in [0, 0.1) is 0 Å². The zero-order valence-corrected chi connectivity index (χ0v) is 11.0. The highest BCUT2D eigenvalue weighted by molar-refractivity contribution is 5.78. The number of rotatable bonds is 6. The van der Waals surface area contributed by atoms with Crippen LogP contribution in [0.15, 0.2) is 12.7 Å². The number of carbonyl (C=O) groups is 1. The number of hydrogen-bond donors (Lipinski definition) is 2. The molecule has 0 aliphatic heterocycles. The number of carbonyl (C=O) groups excluding carboxylic acids is 1. The zero-order chi connectivity index (χ0) is 12.5. The van der Waals surface area contributed by atoms with Crippen LogP contribution in [0.5, 0.6) is 0 Å². The molecule has 0 bridgehead atoms. The molecule has 1 aliphatic rings. The van der Waals surface area contributed by atoms with E-state index in [0.29, 0.717) is 18.6 Å². The Hall–Kier alpha value is -0.830. The summed E-state index contributed by atoms with van der Waals surface area (Å²) in [5.41, 5.74) is 0. The fourth-order valence-electron chi connectivity index (χ4n) is 2.30. The Labute approximate surface area is 105 Å². The van der Waals surface area contributed by atoms with E-state index < -0.39 is 0 Å². The van der Waals surface area contributed by atoms with Gasteiger partial charge in [-0.3, -0.25) is 4.79 Å². The van der Waals surface area contributed by atoms with Gasteiger partial charge in [0.1, 0.15) is 0 Å². The van der Waals surface area contributed by atoms with Gasteiger partial charge in [0, 0.05) is 12.1 Å². The molecule has 0 aromatic rings. The molecule has 0 saturated heterocycles. The van der Waals surface area contributed by atoms with Crippen LogP contribution in [-0.2, 0) is 4.79 Å². The predicted octanol–water partition coefficient (Wildman–Crippen LogP) is 2.38. The van der Waals surface area contributed by atoms with Crippen LogP contribution in [0.25, 0.3) is 0 Å². The SMILES string of the molecule is C=CCC(C)NCC(=O)NC1CCCCCC1. The molecule has 1 rings (SSSR count). The molecule has 0 spiro atoms. The first-order valence-electron chi connectivity index (χ1n) is 6.86. The lowest BCUT2D eigenvalue weighted by atomic mass is 10.1. The second kappa shape index (κ2) is 8.29. The van der Waals surface area contributed by atoms with Crippen molar-refractivity contribution in [2.75, 3.05) is 6.54 Å². The average Bonchev–Trinajstić information content (AvgIpc) is 2.55. The largest absolute Gasteiger partial charge is 0.352 e. The average molecular weight is 238 g/mol. The minimum atomic E-state index is 0.132. The highest BCUT2D eigenvalue weighted by atomic mass is 16.1. The molecule has 98 valence electrons. The van der Waals surface area contributed by atoms with Crippen LogP contribution < -0.4 is 10.6 Å². The monoisotopic (exact) mass is 238 g/mol. The van der Waals surface area contributed by atoms with Crippen molar-refractivity contribution in [3.8, 4) is 0 Å². The quantitative estimate of drug-likeness (QED) is 0.551. The summed E-state index contributed by atoms with van der Waals surface area (Å²) in [6.07, 6.45) is 10.2. The van der Waals surface area contributed by atoms with E-state index in [0.717, 1.165) is 19.3 Å². The first-order valence-corrected chi connectivity index (χ1v) is 6.86. The van der Waals surface area contributed by atoms with Crippen LogP contribution >= 0.6 is 0 Å². The molecule has 0 heterocycles. The van der Waals surface area contributed by atoms with Crippen LogP contribution in [-0.4, -0.2) is 24.5 Å². The van der Waals surface area contributed by atoms with E-state index in [1.165, 1.54) is 25.7 Å². The van der Waals surface area contributed by atoms with Gasteiger partial charge in [0.15, 0.2) is 0 Å². The molecule has 1 aliphatic carbocycles. The van der Waals surface area contributed by atoms with E-state index in [1.807, 2.05) is 6.08 Å². The van der Waals surface area contributed by atoms with Crippen molar-refractivity contribution in [2.45, 2.75) is 64.0 Å². The first-order chi connectivity index (χ1) is 8.22. The van der Waals surface area contributed by atoms with Gasteiger partial charge < -0.3 is 10.6 Å². The Morgan fingerprint density at radius 3 is 2.59 bits per heavy atom. The van der Waals surface area contributed by atoms with Crippen molar-refractivity contribution < 1.29 is 4.79 Å². The van der Waals surface area contributed by atoms with Crippen LogP contribution in [0.1, 0.15) is 51.9 Å². The second-order valence-electron chi connectivity index (χ2n) is 5.06. The van der Waals surface area contributed by atoms with Crippen molar-refractivity contribution in [1.29, 1.82) is 0 Å². The summed E-state index contributed by atoms with van der Waals surface area (Å²) >= 11 is 0. The Morgan fingerprint density at radius 1 is 1.35 bits per heavy atom. The third kappa shape index (κ3) is 6.47. The number of amides is 1. The Bertz CT molecular complexity index is 232. The topological polar surface area (TPSA) is 41.1 Å². The van der Waals surface area contributed by atoms with Gasteiger partial charge in [-0.1, -0.05) is 31.8 Å². The smallest absolute Gasteiger partial charge is 0.234 e. The van der Waals surface area contributed by atoms with Crippen molar-refractivity contribution in [1.82, 2.24) is 10.6 Å². The molecule has 0 aromatic carbocycles. The maximum absolute atomic E-state index is 11.7. The Balaban J connectivity index is 2.16. The minimum absolute atomic E-state index is 0.132. The normalized spacial score (nSPS) is 19.4. The number of nitrogens with one attached hydrogen (secondary N) is 2. The van der Waals surface area contributed by atoms with Crippen molar-refractivity contribution >= 4 is 5.91 Å². The van der Waals surface area contributed by atoms with E-state index in [9.17, 15) is 4.79 Å². The van der Waals surface area contributed by atoms with E-state index in [-0.39, 0.29) is 5.91 Å². The summed E-state index contributed by atoms with van der Waals surface area (Å²) in [5, 5.41) is 6.33. The summed E-state index contributed by atoms with van der Waals surface area (Å²) in [4.78, 5) is 11.7. The van der Waals surface area contributed by atoms with Gasteiger partial charge in [-0.25, -0.2) is 0 Å². The van der Waals surface area contributed by atoms with Crippen molar-refractivity contribution in [3.63, 3.8) is 0 Å². The van der Waals surface area contributed by atoms with Gasteiger partial charge in [-0.05, 0) is 26.2 Å². The summed E-state index contributed by atoms with van der Waals surface area (Å²) in [7, 11) is 0. The predicted molar refractivity (Wildman–Crippen MR) is 71.9 cm³/mol. The summed E-state index contributed by atoms with van der Waals surface area (Å²) in [5.74, 6) is 0.132. The molecular formula is C14H26N2O. The molecule has 1 saturated carbocycles. The standard InChI is InChI=1S/C14H26N2O/c1-3-8-12(2)15-11-14(17)16-13-9-6-4-5-7-10-13/h3,12-13,15H,1,4-11H2,2H3,(H,16,17). The van der Waals surface area contributed by atoms with Crippen LogP contribution in [0.3, 0.4) is 0 Å². The number of hydrogen-bond acceptors (Lipinski definition) is 2. The molecule has 2 N–H and O–H groups in total. The third-order valence-corrected chi connectivity index (χ3v) is 3.35. The Morgan fingerprint density at radius 2 is 2.00 bits per heavy atom. The van der Waals surface area contributed by atoms with E-state index >= 15 is 0 Å². The Kier molecular flexibility index (Phi) is 6.94. The molecular weight excluding hydrogens is 212 g/mol. The van der Waals surface area contributed by atoms with E-state index in [4.69, 9.17) is 0 Å². The highest BCUT2D eigenvalue weighted by Crippen LogP contribution is 2.16. The summed E-state index contributed by atoms with van der Waals surface area (Å²) < 4.78 is 0. The summed E-state index contributed by atoms with van der Waals surface area (Å²) in [6.45, 7) is 6.18. The van der Waals surface area contributed by atoms with Gasteiger partial charge >= 0.3 is 0 Å². The van der Waals surface area contributed by atoms with Gasteiger partial charge in [0.2, 0.25) is 5.91 Å². The molecule has 0 radical (unpaired) electrons. The molecule has 17 heavy (non-hydrogen) atoms. The fourth-order valence-corrected chi connectivity index (χ4v) is 2.30. The molecule has 1 amide bonds. The molecule has 1 atom stereocenters. The van der Waals surface area contributed by atoms with Gasteiger partial charge in [0.25, 0.3) is 0 Å². The van der Waals surface area contributed by atoms with Gasteiger partial charge in [-0.2, -0.15) is 0 Å². The maximum Gasteiger partial charge on any atom is 0.234 e. The second-order valence-corrected chi connectivity index (χ2v) is 5.06. The summed E-state index contributed by atoms with van der Waals surface area (Å²) in [6, 6.07) is 0.730. The van der Waals surface area contributed by atoms with Gasteiger partial charge in [0.05, 0.1) is 6.54 Å². The third-order valence-electron chi connectivity index (χ3n) is 3.35. The lowest BCUT2D eigenvalue weighted by Gasteiger charge is -2.17. The highest BCUT2D eigenvalue weighted by Gasteiger charge is 2.14. The van der Waals surface area contributed by atoms with Crippen LogP contribution in [0.2, 0.25) is 0 Å².